The van der Waals surface area contributed by atoms with Gasteiger partial charge in [-0.25, -0.2) is 0 Å². The molecule has 0 aliphatic carbocycles. The molecule has 0 unspecified atom stereocenters. The second kappa shape index (κ2) is 8.22. The number of rotatable bonds is 8. The molecular weight excluding hydrogens is 280 g/mol. The van der Waals surface area contributed by atoms with Crippen molar-refractivity contribution in [2.75, 3.05) is 11.9 Å². The Morgan fingerprint density at radius 1 is 1.27 bits per heavy atom. The molecule has 2 rings (SSSR count). The van der Waals surface area contributed by atoms with Crippen LogP contribution in [0.15, 0.2) is 34.9 Å². The summed E-state index contributed by atoms with van der Waals surface area (Å²) in [7, 11) is 0. The van der Waals surface area contributed by atoms with Crippen molar-refractivity contribution < 1.29 is 14.1 Å². The third-order valence-electron chi connectivity index (χ3n) is 3.26. The van der Waals surface area contributed by atoms with Crippen LogP contribution in [0, 0.1) is 6.92 Å². The molecule has 0 spiro atoms. The maximum atomic E-state index is 12.3. The van der Waals surface area contributed by atoms with Crippen LogP contribution in [0.1, 0.15) is 48.7 Å². The molecule has 0 atom stereocenters. The Morgan fingerprint density at radius 2 is 2.09 bits per heavy atom. The molecule has 0 fully saturated rings. The highest BCUT2D eigenvalue weighted by Crippen LogP contribution is 2.20. The molecule has 22 heavy (non-hydrogen) atoms. The molecule has 1 heterocycles. The van der Waals surface area contributed by atoms with Gasteiger partial charge in [-0.3, -0.25) is 4.79 Å². The number of amides is 1. The van der Waals surface area contributed by atoms with Crippen molar-refractivity contribution in [1.82, 2.24) is 5.16 Å². The lowest BCUT2D eigenvalue weighted by Gasteiger charge is -2.10. The van der Waals surface area contributed by atoms with Gasteiger partial charge in [-0.05, 0) is 25.5 Å². The van der Waals surface area contributed by atoms with Crippen molar-refractivity contribution in [3.8, 4) is 5.75 Å². The van der Waals surface area contributed by atoms with E-state index in [1.165, 1.54) is 12.8 Å². The standard InChI is InChI=1S/C17H22N2O3/c1-3-4-5-8-11-21-15-10-7-6-9-14(15)17(20)18-16-12-13(2)22-19-16/h6-7,9-10,12H,3-5,8,11H2,1-2H3,(H,18,19,20). The maximum absolute atomic E-state index is 12.3. The number of nitrogens with zero attached hydrogens (tertiary/aromatic N) is 1. The summed E-state index contributed by atoms with van der Waals surface area (Å²) in [5, 5.41) is 6.47. The summed E-state index contributed by atoms with van der Waals surface area (Å²) in [5.74, 6) is 1.39. The van der Waals surface area contributed by atoms with Crippen molar-refractivity contribution in [3.05, 3.63) is 41.7 Å². The Labute approximate surface area is 130 Å². The molecule has 1 aromatic carbocycles. The number of aromatic nitrogens is 1. The molecule has 0 radical (unpaired) electrons. The van der Waals surface area contributed by atoms with E-state index in [1.807, 2.05) is 18.2 Å². The van der Waals surface area contributed by atoms with Crippen LogP contribution in [0.3, 0.4) is 0 Å². The van der Waals surface area contributed by atoms with Gasteiger partial charge < -0.3 is 14.6 Å². The fraction of sp³-hybridized carbons (Fsp3) is 0.412. The van der Waals surface area contributed by atoms with Crippen molar-refractivity contribution in [3.63, 3.8) is 0 Å². The SMILES string of the molecule is CCCCCCOc1ccccc1C(=O)Nc1cc(C)on1. The number of anilines is 1. The van der Waals surface area contributed by atoms with Gasteiger partial charge in [-0.2, -0.15) is 0 Å². The van der Waals surface area contributed by atoms with E-state index in [2.05, 4.69) is 17.4 Å². The lowest BCUT2D eigenvalue weighted by molar-refractivity contribution is 0.102. The lowest BCUT2D eigenvalue weighted by atomic mass is 10.2. The van der Waals surface area contributed by atoms with Gasteiger partial charge in [0.2, 0.25) is 0 Å². The van der Waals surface area contributed by atoms with Crippen LogP contribution in [0.4, 0.5) is 5.82 Å². The first-order valence-corrected chi connectivity index (χ1v) is 7.67. The average molecular weight is 302 g/mol. The minimum atomic E-state index is -0.252. The van der Waals surface area contributed by atoms with Crippen molar-refractivity contribution in [2.24, 2.45) is 0 Å². The summed E-state index contributed by atoms with van der Waals surface area (Å²) < 4.78 is 10.7. The number of carbonyl (C=O) groups is 1. The zero-order valence-electron chi connectivity index (χ0n) is 13.1. The monoisotopic (exact) mass is 302 g/mol. The molecule has 0 saturated carbocycles. The zero-order chi connectivity index (χ0) is 15.8. The minimum Gasteiger partial charge on any atom is -0.493 e. The quantitative estimate of drug-likeness (QED) is 0.742. The fourth-order valence-corrected chi connectivity index (χ4v) is 2.10. The van der Waals surface area contributed by atoms with Crippen LogP contribution in [0.5, 0.6) is 5.75 Å². The predicted octanol–water partition coefficient (Wildman–Crippen LogP) is 4.19. The van der Waals surface area contributed by atoms with E-state index in [1.54, 1.807) is 19.1 Å². The van der Waals surface area contributed by atoms with E-state index >= 15 is 0 Å². The first kappa shape index (κ1) is 16.1. The van der Waals surface area contributed by atoms with E-state index in [0.717, 1.165) is 12.8 Å². The van der Waals surface area contributed by atoms with E-state index < -0.39 is 0 Å². The van der Waals surface area contributed by atoms with Crippen molar-refractivity contribution in [2.45, 2.75) is 39.5 Å². The second-order valence-corrected chi connectivity index (χ2v) is 5.18. The minimum absolute atomic E-state index is 0.252. The number of carbonyl (C=O) groups excluding carboxylic acids is 1. The molecule has 1 aromatic heterocycles. The number of benzene rings is 1. The van der Waals surface area contributed by atoms with E-state index in [-0.39, 0.29) is 5.91 Å². The molecule has 5 heteroatoms. The summed E-state index contributed by atoms with van der Waals surface area (Å²) in [6.07, 6.45) is 4.53. The van der Waals surface area contributed by atoms with Gasteiger partial charge >= 0.3 is 0 Å². The molecule has 2 aromatic rings. The molecule has 0 aliphatic rings. The Bertz CT molecular complexity index is 607. The van der Waals surface area contributed by atoms with Gasteiger partial charge in [0, 0.05) is 6.07 Å². The molecule has 0 bridgehead atoms. The van der Waals surface area contributed by atoms with Crippen molar-refractivity contribution >= 4 is 11.7 Å². The van der Waals surface area contributed by atoms with Gasteiger partial charge in [-0.15, -0.1) is 0 Å². The molecule has 1 N–H and O–H groups in total. The Balaban J connectivity index is 1.96. The Hall–Kier alpha value is -2.30. The average Bonchev–Trinajstić information content (AvgIpc) is 2.92. The third kappa shape index (κ3) is 4.62. The van der Waals surface area contributed by atoms with Crippen LogP contribution in [-0.4, -0.2) is 17.7 Å². The highest BCUT2D eigenvalue weighted by atomic mass is 16.5. The summed E-state index contributed by atoms with van der Waals surface area (Å²) in [6, 6.07) is 8.89. The van der Waals surface area contributed by atoms with Crippen LogP contribution in [0.2, 0.25) is 0 Å². The first-order chi connectivity index (χ1) is 10.7. The summed E-state index contributed by atoms with van der Waals surface area (Å²) in [4.78, 5) is 12.3. The highest BCUT2D eigenvalue weighted by Gasteiger charge is 2.13. The number of hydrogen-bond donors (Lipinski definition) is 1. The number of para-hydroxylation sites is 1. The van der Waals surface area contributed by atoms with Gasteiger partial charge in [0.05, 0.1) is 12.2 Å². The third-order valence-corrected chi connectivity index (χ3v) is 3.26. The first-order valence-electron chi connectivity index (χ1n) is 7.67. The molecule has 118 valence electrons. The number of aryl methyl sites for hydroxylation is 1. The van der Waals surface area contributed by atoms with E-state index in [4.69, 9.17) is 9.26 Å². The highest BCUT2D eigenvalue weighted by molar-refractivity contribution is 6.05. The number of unbranched alkanes of at least 4 members (excludes halogenated alkanes) is 3. The number of nitrogens with one attached hydrogen (secondary N) is 1. The fourth-order valence-electron chi connectivity index (χ4n) is 2.10. The molecule has 0 aliphatic heterocycles. The molecule has 0 saturated heterocycles. The van der Waals surface area contributed by atoms with Crippen LogP contribution >= 0.6 is 0 Å². The Kier molecular flexibility index (Phi) is 6.01. The summed E-state index contributed by atoms with van der Waals surface area (Å²) in [5.41, 5.74) is 0.499. The summed E-state index contributed by atoms with van der Waals surface area (Å²) in [6.45, 7) is 4.56. The van der Waals surface area contributed by atoms with E-state index in [9.17, 15) is 4.79 Å². The lowest BCUT2D eigenvalue weighted by Crippen LogP contribution is -2.14. The van der Waals surface area contributed by atoms with Gasteiger partial charge in [-0.1, -0.05) is 43.5 Å². The predicted molar refractivity (Wildman–Crippen MR) is 85.3 cm³/mol. The van der Waals surface area contributed by atoms with E-state index in [0.29, 0.717) is 29.5 Å². The smallest absolute Gasteiger partial charge is 0.260 e. The van der Waals surface area contributed by atoms with Crippen molar-refractivity contribution in [1.29, 1.82) is 0 Å². The number of ether oxygens (including phenoxy) is 1. The zero-order valence-corrected chi connectivity index (χ0v) is 13.1. The molecule has 5 nitrogen and oxygen atoms in total. The van der Waals surface area contributed by atoms with Crippen LogP contribution < -0.4 is 10.1 Å². The largest absolute Gasteiger partial charge is 0.493 e. The van der Waals surface area contributed by atoms with Gasteiger partial charge in [0.15, 0.2) is 5.82 Å². The second-order valence-electron chi connectivity index (χ2n) is 5.18. The molecule has 1 amide bonds. The Morgan fingerprint density at radius 3 is 2.82 bits per heavy atom. The van der Waals surface area contributed by atoms with Gasteiger partial charge in [0.25, 0.3) is 5.91 Å². The maximum Gasteiger partial charge on any atom is 0.260 e. The van der Waals surface area contributed by atoms with Gasteiger partial charge in [0.1, 0.15) is 11.5 Å². The topological polar surface area (TPSA) is 64.4 Å². The van der Waals surface area contributed by atoms with Crippen LogP contribution in [0.25, 0.3) is 0 Å². The molecular formula is C17H22N2O3. The number of hydrogen-bond acceptors (Lipinski definition) is 4. The normalized spacial score (nSPS) is 10.5. The van der Waals surface area contributed by atoms with Crippen LogP contribution in [-0.2, 0) is 0 Å². The summed E-state index contributed by atoms with van der Waals surface area (Å²) >= 11 is 0.